The van der Waals surface area contributed by atoms with Crippen molar-refractivity contribution in [3.05, 3.63) is 87.6 Å². The Hall–Kier alpha value is -3.39. The number of piperazine rings is 1. The summed E-state index contributed by atoms with van der Waals surface area (Å²) in [6.07, 6.45) is 1.71. The van der Waals surface area contributed by atoms with Crippen LogP contribution in [-0.2, 0) is 0 Å². The second-order valence-corrected chi connectivity index (χ2v) is 8.82. The average Bonchev–Trinajstić information content (AvgIpc) is 2.81. The number of aryl methyl sites for hydroxylation is 2. The Morgan fingerprint density at radius 2 is 1.72 bits per heavy atom. The number of anilines is 1. The van der Waals surface area contributed by atoms with Gasteiger partial charge in [0.15, 0.2) is 0 Å². The van der Waals surface area contributed by atoms with Gasteiger partial charge in [-0.25, -0.2) is 4.98 Å². The van der Waals surface area contributed by atoms with E-state index in [9.17, 15) is 14.9 Å². The van der Waals surface area contributed by atoms with Crippen LogP contribution in [0.2, 0.25) is 0 Å². The van der Waals surface area contributed by atoms with E-state index in [1.807, 2.05) is 11.0 Å². The van der Waals surface area contributed by atoms with Crippen molar-refractivity contribution in [2.75, 3.05) is 31.1 Å². The first-order valence-corrected chi connectivity index (χ1v) is 11.2. The highest BCUT2D eigenvalue weighted by atomic mass is 32.2. The molecule has 164 valence electrons. The first kappa shape index (κ1) is 21.8. The van der Waals surface area contributed by atoms with Gasteiger partial charge in [-0.1, -0.05) is 17.8 Å². The number of carbonyl (C=O) groups excluding carboxylic acids is 1. The predicted molar refractivity (Wildman–Crippen MR) is 125 cm³/mol. The predicted octanol–water partition coefficient (Wildman–Crippen LogP) is 4.72. The van der Waals surface area contributed by atoms with Crippen molar-refractivity contribution in [3.63, 3.8) is 0 Å². The molecule has 0 radical (unpaired) electrons. The molecule has 4 rings (SSSR count). The largest absolute Gasteiger partial charge is 0.368 e. The van der Waals surface area contributed by atoms with E-state index in [1.165, 1.54) is 35.0 Å². The van der Waals surface area contributed by atoms with E-state index < -0.39 is 4.92 Å². The highest BCUT2D eigenvalue weighted by Gasteiger charge is 2.25. The fraction of sp³-hybridized carbons (Fsp3) is 0.250. The molecule has 1 saturated heterocycles. The zero-order valence-electron chi connectivity index (χ0n) is 18.0. The van der Waals surface area contributed by atoms with Gasteiger partial charge >= 0.3 is 0 Å². The maximum atomic E-state index is 13.3. The van der Waals surface area contributed by atoms with E-state index in [-0.39, 0.29) is 11.6 Å². The van der Waals surface area contributed by atoms with Crippen molar-refractivity contribution in [1.29, 1.82) is 0 Å². The molecule has 1 amide bonds. The van der Waals surface area contributed by atoms with E-state index in [1.54, 1.807) is 24.4 Å². The molecule has 0 aliphatic carbocycles. The van der Waals surface area contributed by atoms with Crippen LogP contribution in [0.4, 0.5) is 11.4 Å². The van der Waals surface area contributed by atoms with Crippen LogP contribution >= 0.6 is 11.8 Å². The Balaban J connectivity index is 1.44. The minimum Gasteiger partial charge on any atom is -0.368 e. The summed E-state index contributed by atoms with van der Waals surface area (Å²) in [7, 11) is 0. The number of nitro groups is 1. The van der Waals surface area contributed by atoms with Crippen molar-refractivity contribution >= 4 is 29.0 Å². The van der Waals surface area contributed by atoms with Gasteiger partial charge in [0, 0.05) is 55.1 Å². The summed E-state index contributed by atoms with van der Waals surface area (Å²) in [5.74, 6) is -0.0206. The molecular formula is C24H24N4O3S. The first-order valence-electron chi connectivity index (χ1n) is 10.4. The molecule has 0 bridgehead atoms. The second kappa shape index (κ2) is 9.40. The van der Waals surface area contributed by atoms with E-state index in [2.05, 4.69) is 41.9 Å². The number of hydrogen-bond acceptors (Lipinski definition) is 6. The quantitative estimate of drug-likeness (QED) is 0.415. The van der Waals surface area contributed by atoms with Crippen LogP contribution in [0.1, 0.15) is 21.5 Å². The minimum atomic E-state index is -0.401. The number of carbonyl (C=O) groups is 1. The molecule has 3 aromatic rings. The van der Waals surface area contributed by atoms with Crippen LogP contribution in [0, 0.1) is 24.0 Å². The molecular weight excluding hydrogens is 424 g/mol. The Kier molecular flexibility index (Phi) is 6.41. The lowest BCUT2D eigenvalue weighted by molar-refractivity contribution is -0.384. The minimum absolute atomic E-state index is 0.0206. The molecule has 1 fully saturated rings. The average molecular weight is 449 g/mol. The van der Waals surface area contributed by atoms with Crippen LogP contribution in [0.15, 0.2) is 70.7 Å². The Morgan fingerprint density at radius 1 is 1.00 bits per heavy atom. The maximum absolute atomic E-state index is 13.3. The summed E-state index contributed by atoms with van der Waals surface area (Å²) < 4.78 is 0. The summed E-state index contributed by atoms with van der Waals surface area (Å²) in [5.41, 5.74) is 4.06. The van der Waals surface area contributed by atoms with E-state index in [4.69, 9.17) is 0 Å². The standard InChI is InChI=1S/C24H24N4O3S/c1-17-5-10-21(16-18(17)2)32-23-22(4-3-11-25-23)24(29)27-14-12-26(13-15-27)19-6-8-20(9-7-19)28(30)31/h3-11,16H,12-15H2,1-2H3. The molecule has 8 heteroatoms. The third-order valence-electron chi connectivity index (χ3n) is 5.69. The Morgan fingerprint density at radius 3 is 2.38 bits per heavy atom. The van der Waals surface area contributed by atoms with Crippen molar-refractivity contribution in [2.45, 2.75) is 23.8 Å². The van der Waals surface area contributed by atoms with Crippen LogP contribution in [0.3, 0.4) is 0 Å². The van der Waals surface area contributed by atoms with Crippen LogP contribution in [0.5, 0.6) is 0 Å². The zero-order valence-corrected chi connectivity index (χ0v) is 18.8. The number of rotatable bonds is 5. The highest BCUT2D eigenvalue weighted by Crippen LogP contribution is 2.31. The molecule has 0 atom stereocenters. The van der Waals surface area contributed by atoms with Crippen LogP contribution < -0.4 is 4.90 Å². The van der Waals surface area contributed by atoms with Crippen molar-refractivity contribution in [1.82, 2.24) is 9.88 Å². The smallest absolute Gasteiger partial charge is 0.269 e. The summed E-state index contributed by atoms with van der Waals surface area (Å²) in [4.78, 5) is 33.3. The Bertz CT molecular complexity index is 1140. The monoisotopic (exact) mass is 448 g/mol. The van der Waals surface area contributed by atoms with Gasteiger partial charge in [0.05, 0.1) is 10.5 Å². The summed E-state index contributed by atoms with van der Waals surface area (Å²) in [5, 5.41) is 11.6. The number of amides is 1. The number of pyridine rings is 1. The number of aromatic nitrogens is 1. The van der Waals surface area contributed by atoms with Gasteiger partial charge in [-0.05, 0) is 61.4 Å². The fourth-order valence-corrected chi connectivity index (χ4v) is 4.62. The molecule has 2 aromatic carbocycles. The van der Waals surface area contributed by atoms with E-state index in [0.717, 1.165) is 10.6 Å². The number of nitro benzene ring substituents is 1. The third kappa shape index (κ3) is 4.75. The number of benzene rings is 2. The molecule has 32 heavy (non-hydrogen) atoms. The molecule has 2 heterocycles. The summed E-state index contributed by atoms with van der Waals surface area (Å²) in [6.45, 7) is 6.66. The van der Waals surface area contributed by atoms with Crippen LogP contribution in [-0.4, -0.2) is 46.9 Å². The van der Waals surface area contributed by atoms with Crippen molar-refractivity contribution in [3.8, 4) is 0 Å². The highest BCUT2D eigenvalue weighted by molar-refractivity contribution is 7.99. The van der Waals surface area contributed by atoms with Gasteiger partial charge in [0.1, 0.15) is 5.03 Å². The SMILES string of the molecule is Cc1ccc(Sc2ncccc2C(=O)N2CCN(c3ccc([N+](=O)[O-])cc3)CC2)cc1C. The van der Waals surface area contributed by atoms with E-state index >= 15 is 0 Å². The molecule has 0 N–H and O–H groups in total. The van der Waals surface area contributed by atoms with Gasteiger partial charge in [-0.2, -0.15) is 0 Å². The van der Waals surface area contributed by atoms with Gasteiger partial charge < -0.3 is 9.80 Å². The molecule has 1 aliphatic rings. The normalized spacial score (nSPS) is 13.8. The summed E-state index contributed by atoms with van der Waals surface area (Å²) in [6, 6.07) is 16.4. The number of non-ortho nitro benzene ring substituents is 1. The lowest BCUT2D eigenvalue weighted by Gasteiger charge is -2.36. The lowest BCUT2D eigenvalue weighted by Crippen LogP contribution is -2.48. The Labute approximate surface area is 191 Å². The molecule has 1 aliphatic heterocycles. The van der Waals surface area contributed by atoms with E-state index in [0.29, 0.717) is 36.8 Å². The molecule has 0 saturated carbocycles. The maximum Gasteiger partial charge on any atom is 0.269 e. The topological polar surface area (TPSA) is 79.6 Å². The summed E-state index contributed by atoms with van der Waals surface area (Å²) >= 11 is 1.51. The lowest BCUT2D eigenvalue weighted by atomic mass is 10.1. The third-order valence-corrected chi connectivity index (χ3v) is 6.70. The van der Waals surface area contributed by atoms with Gasteiger partial charge in [0.2, 0.25) is 0 Å². The first-order chi connectivity index (χ1) is 15.4. The second-order valence-electron chi connectivity index (χ2n) is 7.76. The molecule has 0 unspecified atom stereocenters. The van der Waals surface area contributed by atoms with Crippen molar-refractivity contribution < 1.29 is 9.72 Å². The molecule has 0 spiro atoms. The van der Waals surface area contributed by atoms with Gasteiger partial charge in [-0.15, -0.1) is 0 Å². The number of nitrogens with zero attached hydrogens (tertiary/aromatic N) is 4. The van der Waals surface area contributed by atoms with Gasteiger partial charge in [-0.3, -0.25) is 14.9 Å². The zero-order chi connectivity index (χ0) is 22.7. The molecule has 7 nitrogen and oxygen atoms in total. The van der Waals surface area contributed by atoms with Gasteiger partial charge in [0.25, 0.3) is 11.6 Å². The number of hydrogen-bond donors (Lipinski definition) is 0. The van der Waals surface area contributed by atoms with Crippen molar-refractivity contribution in [2.24, 2.45) is 0 Å². The van der Waals surface area contributed by atoms with Crippen LogP contribution in [0.25, 0.3) is 0 Å². The molecule has 1 aromatic heterocycles. The fourth-order valence-electron chi connectivity index (χ4n) is 3.65.